The Labute approximate surface area is 116 Å². The number of benzene rings is 1. The molecule has 0 saturated carbocycles. The van der Waals surface area contributed by atoms with E-state index in [1.807, 2.05) is 26.8 Å². The van der Waals surface area contributed by atoms with Gasteiger partial charge in [-0.25, -0.2) is 9.48 Å². The minimum atomic E-state index is -0.963. The number of hydrogen-bond acceptors (Lipinski definition) is 2. The minimum Gasteiger partial charge on any atom is -0.478 e. The second-order valence-electron chi connectivity index (χ2n) is 4.76. The average Bonchev–Trinajstić information content (AvgIpc) is 2.77. The van der Waals surface area contributed by atoms with Gasteiger partial charge in [0, 0.05) is 11.2 Å². The first-order chi connectivity index (χ1) is 8.90. The van der Waals surface area contributed by atoms with E-state index in [1.165, 1.54) is 6.20 Å². The van der Waals surface area contributed by atoms with E-state index < -0.39 is 5.97 Å². The van der Waals surface area contributed by atoms with Gasteiger partial charge < -0.3 is 5.11 Å². The van der Waals surface area contributed by atoms with Gasteiger partial charge in [-0.15, -0.1) is 0 Å². The molecular formula is C14H15ClN2O2. The molecule has 0 fully saturated rings. The first kappa shape index (κ1) is 13.6. The molecule has 100 valence electrons. The predicted octanol–water partition coefficient (Wildman–Crippen LogP) is 3.66. The number of rotatable bonds is 3. The zero-order valence-corrected chi connectivity index (χ0v) is 11.8. The Morgan fingerprint density at radius 2 is 2.11 bits per heavy atom. The van der Waals surface area contributed by atoms with E-state index in [0.29, 0.717) is 10.7 Å². The Kier molecular flexibility index (Phi) is 3.62. The van der Waals surface area contributed by atoms with Crippen molar-refractivity contribution in [3.05, 3.63) is 46.2 Å². The number of halogens is 1. The summed E-state index contributed by atoms with van der Waals surface area (Å²) >= 11 is 5.98. The second kappa shape index (κ2) is 5.05. The summed E-state index contributed by atoms with van der Waals surface area (Å²) in [5, 5.41) is 14.2. The highest BCUT2D eigenvalue weighted by atomic mass is 35.5. The number of aryl methyl sites for hydroxylation is 1. The van der Waals surface area contributed by atoms with Crippen LogP contribution in [-0.2, 0) is 0 Å². The van der Waals surface area contributed by atoms with Crippen molar-refractivity contribution in [1.82, 2.24) is 9.78 Å². The Morgan fingerprint density at radius 1 is 1.42 bits per heavy atom. The molecule has 0 radical (unpaired) electrons. The third-order valence-corrected chi connectivity index (χ3v) is 3.17. The lowest BCUT2D eigenvalue weighted by Gasteiger charge is -2.06. The molecule has 2 rings (SSSR count). The summed E-state index contributed by atoms with van der Waals surface area (Å²) < 4.78 is 1.58. The predicted molar refractivity (Wildman–Crippen MR) is 74.4 cm³/mol. The molecule has 1 heterocycles. The molecule has 0 bridgehead atoms. The van der Waals surface area contributed by atoms with Crippen LogP contribution in [0.15, 0.2) is 24.4 Å². The molecule has 0 aliphatic carbocycles. The van der Waals surface area contributed by atoms with E-state index in [9.17, 15) is 9.90 Å². The maximum atomic E-state index is 11.2. The number of carboxylic acid groups (broad SMARTS) is 1. The molecule has 1 aromatic carbocycles. The summed E-state index contributed by atoms with van der Waals surface area (Å²) in [6, 6.07) is 5.46. The van der Waals surface area contributed by atoms with Gasteiger partial charge in [0.25, 0.3) is 0 Å². The topological polar surface area (TPSA) is 55.1 Å². The molecule has 2 aromatic rings. The minimum absolute atomic E-state index is 0.0480. The summed E-state index contributed by atoms with van der Waals surface area (Å²) in [4.78, 5) is 11.2. The maximum Gasteiger partial charge on any atom is 0.339 e. The fourth-order valence-electron chi connectivity index (χ4n) is 1.93. The third-order valence-electron chi connectivity index (χ3n) is 2.94. The van der Waals surface area contributed by atoms with Crippen molar-refractivity contribution < 1.29 is 9.90 Å². The van der Waals surface area contributed by atoms with Crippen LogP contribution in [0.3, 0.4) is 0 Å². The van der Waals surface area contributed by atoms with Gasteiger partial charge in [-0.05, 0) is 30.5 Å². The zero-order chi connectivity index (χ0) is 14.2. The first-order valence-electron chi connectivity index (χ1n) is 5.99. The molecule has 0 spiro atoms. The molecule has 1 aromatic heterocycles. The van der Waals surface area contributed by atoms with Crippen LogP contribution in [-0.4, -0.2) is 20.9 Å². The summed E-state index contributed by atoms with van der Waals surface area (Å²) in [5.41, 5.74) is 2.59. The van der Waals surface area contributed by atoms with Crippen LogP contribution in [0.25, 0.3) is 5.69 Å². The summed E-state index contributed by atoms with van der Waals surface area (Å²) in [7, 11) is 0. The molecule has 0 amide bonds. The molecular weight excluding hydrogens is 264 g/mol. The fraction of sp³-hybridized carbons (Fsp3) is 0.286. The highest BCUT2D eigenvalue weighted by molar-refractivity contribution is 6.30. The van der Waals surface area contributed by atoms with Crippen molar-refractivity contribution in [2.24, 2.45) is 0 Å². The van der Waals surface area contributed by atoms with Crippen LogP contribution < -0.4 is 0 Å². The van der Waals surface area contributed by atoms with Crippen LogP contribution in [0.2, 0.25) is 5.02 Å². The summed E-state index contributed by atoms with van der Waals surface area (Å²) in [5.74, 6) is -0.915. The van der Waals surface area contributed by atoms with Crippen molar-refractivity contribution in [3.8, 4) is 5.69 Å². The molecule has 19 heavy (non-hydrogen) atoms. The third kappa shape index (κ3) is 2.63. The van der Waals surface area contributed by atoms with Gasteiger partial charge in [0.1, 0.15) is 5.56 Å². The Hall–Kier alpha value is -1.81. The second-order valence-corrected chi connectivity index (χ2v) is 5.20. The average molecular weight is 279 g/mol. The van der Waals surface area contributed by atoms with Crippen molar-refractivity contribution >= 4 is 17.6 Å². The van der Waals surface area contributed by atoms with Gasteiger partial charge >= 0.3 is 5.97 Å². The maximum absolute atomic E-state index is 11.2. The normalized spacial score (nSPS) is 11.0. The smallest absolute Gasteiger partial charge is 0.339 e. The van der Waals surface area contributed by atoms with Crippen LogP contribution in [0, 0.1) is 6.92 Å². The fourth-order valence-corrected chi connectivity index (χ4v) is 2.10. The van der Waals surface area contributed by atoms with E-state index in [2.05, 4.69) is 5.10 Å². The van der Waals surface area contributed by atoms with Crippen LogP contribution in [0.1, 0.15) is 41.4 Å². The lowest BCUT2D eigenvalue weighted by molar-refractivity contribution is 0.0695. The van der Waals surface area contributed by atoms with Crippen molar-refractivity contribution in [2.75, 3.05) is 0 Å². The van der Waals surface area contributed by atoms with E-state index in [1.54, 1.807) is 16.8 Å². The van der Waals surface area contributed by atoms with Crippen molar-refractivity contribution in [1.29, 1.82) is 0 Å². The van der Waals surface area contributed by atoms with E-state index in [0.717, 1.165) is 11.3 Å². The number of aromatic nitrogens is 2. The highest BCUT2D eigenvalue weighted by Gasteiger charge is 2.19. The van der Waals surface area contributed by atoms with Gasteiger partial charge in [0.15, 0.2) is 0 Å². The van der Waals surface area contributed by atoms with Crippen molar-refractivity contribution in [2.45, 2.75) is 26.7 Å². The zero-order valence-electron chi connectivity index (χ0n) is 11.0. The molecule has 0 aliphatic rings. The molecule has 1 N–H and O–H groups in total. The number of aromatic carboxylic acids is 1. The molecule has 0 saturated heterocycles. The first-order valence-corrected chi connectivity index (χ1v) is 6.37. The van der Waals surface area contributed by atoms with Gasteiger partial charge in [-0.1, -0.05) is 31.5 Å². The highest BCUT2D eigenvalue weighted by Crippen LogP contribution is 2.23. The Bertz CT molecular complexity index is 632. The molecule has 4 nitrogen and oxygen atoms in total. The lowest BCUT2D eigenvalue weighted by Crippen LogP contribution is -2.01. The number of nitrogens with zero attached hydrogens (tertiary/aromatic N) is 2. The van der Waals surface area contributed by atoms with E-state index in [-0.39, 0.29) is 11.5 Å². The van der Waals surface area contributed by atoms with Crippen LogP contribution >= 0.6 is 11.6 Å². The lowest BCUT2D eigenvalue weighted by atomic mass is 10.1. The number of carbonyl (C=O) groups is 1. The Balaban J connectivity index is 2.60. The van der Waals surface area contributed by atoms with Crippen molar-refractivity contribution in [3.63, 3.8) is 0 Å². The van der Waals surface area contributed by atoms with E-state index >= 15 is 0 Å². The molecule has 0 atom stereocenters. The number of hydrogen-bond donors (Lipinski definition) is 1. The molecule has 5 heteroatoms. The van der Waals surface area contributed by atoms with Crippen LogP contribution in [0.4, 0.5) is 0 Å². The Morgan fingerprint density at radius 3 is 2.63 bits per heavy atom. The van der Waals surface area contributed by atoms with Gasteiger partial charge in [-0.2, -0.15) is 5.10 Å². The number of carboxylic acids is 1. The van der Waals surface area contributed by atoms with Gasteiger partial charge in [0.2, 0.25) is 0 Å². The summed E-state index contributed by atoms with van der Waals surface area (Å²) in [6.45, 7) is 5.77. The largest absolute Gasteiger partial charge is 0.478 e. The van der Waals surface area contributed by atoms with Gasteiger partial charge in [-0.3, -0.25) is 0 Å². The summed E-state index contributed by atoms with van der Waals surface area (Å²) in [6.07, 6.45) is 1.54. The quantitative estimate of drug-likeness (QED) is 0.932. The monoisotopic (exact) mass is 278 g/mol. The SMILES string of the molecule is Cc1ccc(Cl)cc1-n1cc(C(=O)O)c(C(C)C)n1. The molecule has 0 aliphatic heterocycles. The van der Waals surface area contributed by atoms with Gasteiger partial charge in [0.05, 0.1) is 11.4 Å². The standard InChI is InChI=1S/C14H15ClN2O2/c1-8(2)13-11(14(18)19)7-17(16-13)12-6-10(15)5-4-9(12)3/h4-8H,1-3H3,(H,18,19). The van der Waals surface area contributed by atoms with E-state index in [4.69, 9.17) is 11.6 Å². The van der Waals surface area contributed by atoms with Crippen LogP contribution in [0.5, 0.6) is 0 Å². The molecule has 0 unspecified atom stereocenters.